The summed E-state index contributed by atoms with van der Waals surface area (Å²) in [6.45, 7) is 0. The van der Waals surface area contributed by atoms with Gasteiger partial charge in [0.25, 0.3) is 6.23 Å². The molecule has 0 aliphatic carbocycles. The molecule has 0 aliphatic rings. The highest BCUT2D eigenvalue weighted by Crippen LogP contribution is 2.19. The normalized spacial score (nSPS) is 11.8. The van der Waals surface area contributed by atoms with Gasteiger partial charge < -0.3 is 15.2 Å². The van der Waals surface area contributed by atoms with Crippen LogP contribution in [0.15, 0.2) is 42.6 Å². The van der Waals surface area contributed by atoms with Crippen molar-refractivity contribution in [1.82, 2.24) is 4.98 Å². The number of hydrogen-bond acceptors (Lipinski definition) is 4. The Morgan fingerprint density at radius 2 is 2.15 bits per heavy atom. The van der Waals surface area contributed by atoms with Gasteiger partial charge in [-0.25, -0.2) is 9.18 Å². The van der Waals surface area contributed by atoms with Crippen molar-refractivity contribution < 1.29 is 24.4 Å². The molecule has 0 saturated heterocycles. The first-order valence-corrected chi connectivity index (χ1v) is 5.90. The first kappa shape index (κ1) is 14.0. The minimum absolute atomic E-state index is 0.0671. The van der Waals surface area contributed by atoms with Crippen LogP contribution in [0.25, 0.3) is 0 Å². The Morgan fingerprint density at radius 3 is 2.75 bits per heavy atom. The van der Waals surface area contributed by atoms with Crippen molar-refractivity contribution in [2.45, 2.75) is 6.23 Å². The molecule has 1 unspecified atom stereocenters. The lowest BCUT2D eigenvalue weighted by molar-refractivity contribution is -0.487. The van der Waals surface area contributed by atoms with Crippen LogP contribution < -0.4 is 10.5 Å². The number of quaternary nitrogens is 1. The van der Waals surface area contributed by atoms with Crippen molar-refractivity contribution in [3.8, 4) is 5.75 Å². The van der Waals surface area contributed by atoms with E-state index in [1.54, 1.807) is 24.4 Å². The summed E-state index contributed by atoms with van der Waals surface area (Å²) in [7, 11) is 1.35. The van der Waals surface area contributed by atoms with Crippen LogP contribution in [0.5, 0.6) is 5.75 Å². The van der Waals surface area contributed by atoms with Gasteiger partial charge in [0.05, 0.1) is 12.7 Å². The number of nitrogens with zero attached hydrogens (tertiary/aromatic N) is 1. The number of esters is 1. The van der Waals surface area contributed by atoms with Gasteiger partial charge in [-0.2, -0.15) is 0 Å². The van der Waals surface area contributed by atoms with Crippen LogP contribution in [-0.2, 0) is 4.74 Å². The lowest BCUT2D eigenvalue weighted by atomic mass is 10.2. The minimum Gasteiger partial charge on any atom is -0.494 e. The maximum Gasteiger partial charge on any atom is 0.343 e. The molecule has 0 bridgehead atoms. The number of rotatable bonds is 4. The molecule has 1 aromatic carbocycles. The number of ether oxygens (including phenoxy) is 2. The zero-order chi connectivity index (χ0) is 14.5. The van der Waals surface area contributed by atoms with Gasteiger partial charge in [0.2, 0.25) is 0 Å². The summed E-state index contributed by atoms with van der Waals surface area (Å²) >= 11 is 0. The molecule has 6 heteroatoms. The van der Waals surface area contributed by atoms with E-state index < -0.39 is 18.0 Å². The van der Waals surface area contributed by atoms with E-state index in [4.69, 9.17) is 9.47 Å². The fraction of sp³-hybridized carbons (Fsp3) is 0.143. The Kier molecular flexibility index (Phi) is 4.27. The topological polar surface area (TPSA) is 76.1 Å². The molecule has 1 atom stereocenters. The van der Waals surface area contributed by atoms with E-state index in [0.717, 1.165) is 6.07 Å². The second-order valence-electron chi connectivity index (χ2n) is 4.00. The number of aromatic nitrogens is 1. The van der Waals surface area contributed by atoms with E-state index in [1.165, 1.54) is 19.2 Å². The van der Waals surface area contributed by atoms with E-state index in [-0.39, 0.29) is 11.3 Å². The van der Waals surface area contributed by atoms with Crippen LogP contribution in [0.2, 0.25) is 0 Å². The zero-order valence-electron chi connectivity index (χ0n) is 10.9. The summed E-state index contributed by atoms with van der Waals surface area (Å²) in [4.78, 5) is 15.9. The SMILES string of the molecule is COc1ccc(C(=O)OC([NH3+])c2ccccn2)cc1F. The molecule has 0 aliphatic heterocycles. The van der Waals surface area contributed by atoms with Gasteiger partial charge in [0.1, 0.15) is 5.69 Å². The molecule has 104 valence electrons. The van der Waals surface area contributed by atoms with E-state index in [9.17, 15) is 9.18 Å². The van der Waals surface area contributed by atoms with Crippen molar-refractivity contribution in [3.63, 3.8) is 0 Å². The quantitative estimate of drug-likeness (QED) is 0.675. The average molecular weight is 277 g/mol. The smallest absolute Gasteiger partial charge is 0.343 e. The minimum atomic E-state index is -0.756. The third kappa shape index (κ3) is 3.10. The molecule has 1 aromatic heterocycles. The highest BCUT2D eigenvalue weighted by atomic mass is 19.1. The number of methoxy groups -OCH3 is 1. The van der Waals surface area contributed by atoms with Crippen LogP contribution in [-0.4, -0.2) is 18.1 Å². The van der Waals surface area contributed by atoms with Crippen LogP contribution in [0, 0.1) is 5.82 Å². The molecule has 5 nitrogen and oxygen atoms in total. The largest absolute Gasteiger partial charge is 0.494 e. The van der Waals surface area contributed by atoms with Gasteiger partial charge in [-0.15, -0.1) is 0 Å². The van der Waals surface area contributed by atoms with Crippen molar-refractivity contribution in [2.24, 2.45) is 0 Å². The number of benzene rings is 1. The van der Waals surface area contributed by atoms with Gasteiger partial charge in [-0.3, -0.25) is 4.98 Å². The summed E-state index contributed by atoms with van der Waals surface area (Å²) in [5.41, 5.74) is 4.32. The van der Waals surface area contributed by atoms with Gasteiger partial charge >= 0.3 is 5.97 Å². The Balaban J connectivity index is 2.10. The van der Waals surface area contributed by atoms with Gasteiger partial charge in [-0.05, 0) is 30.3 Å². The number of carbonyl (C=O) groups is 1. The average Bonchev–Trinajstić information content (AvgIpc) is 2.48. The molecule has 20 heavy (non-hydrogen) atoms. The van der Waals surface area contributed by atoms with Crippen LogP contribution in [0.3, 0.4) is 0 Å². The molecule has 0 amide bonds. The number of carbonyl (C=O) groups excluding carboxylic acids is 1. The predicted molar refractivity (Wildman–Crippen MR) is 68.2 cm³/mol. The molecule has 2 rings (SSSR count). The summed E-state index contributed by atoms with van der Waals surface area (Å²) < 4.78 is 23.4. The van der Waals surface area contributed by atoms with Crippen LogP contribution in [0.4, 0.5) is 4.39 Å². The lowest BCUT2D eigenvalue weighted by Crippen LogP contribution is -2.55. The van der Waals surface area contributed by atoms with Gasteiger partial charge in [0, 0.05) is 6.20 Å². The number of pyridine rings is 1. The third-order valence-corrected chi connectivity index (χ3v) is 2.65. The second kappa shape index (κ2) is 6.12. The molecule has 3 N–H and O–H groups in total. The number of halogens is 1. The van der Waals surface area contributed by atoms with Crippen LogP contribution in [0.1, 0.15) is 22.3 Å². The van der Waals surface area contributed by atoms with E-state index in [2.05, 4.69) is 10.7 Å². The molecule has 0 saturated carbocycles. The van der Waals surface area contributed by atoms with E-state index in [0.29, 0.717) is 5.69 Å². The zero-order valence-corrected chi connectivity index (χ0v) is 10.9. The Morgan fingerprint density at radius 1 is 1.35 bits per heavy atom. The standard InChI is InChI=1S/C14H13FN2O3/c1-19-12-6-5-9(8-10(12)15)14(18)20-13(16)11-4-2-3-7-17-11/h2-8,13H,16H2,1H3/p+1. The summed E-state index contributed by atoms with van der Waals surface area (Å²) in [6.07, 6.45) is 0.822. The second-order valence-corrected chi connectivity index (χ2v) is 4.00. The predicted octanol–water partition coefficient (Wildman–Crippen LogP) is 1.33. The molecule has 1 heterocycles. The monoisotopic (exact) mass is 277 g/mol. The lowest BCUT2D eigenvalue weighted by Gasteiger charge is -2.10. The number of hydrogen-bond donors (Lipinski definition) is 1. The first-order chi connectivity index (χ1) is 9.61. The van der Waals surface area contributed by atoms with Crippen LogP contribution >= 0.6 is 0 Å². The fourth-order valence-corrected chi connectivity index (χ4v) is 1.62. The Labute approximate surface area is 115 Å². The maximum atomic E-state index is 13.5. The van der Waals surface area contributed by atoms with Crippen molar-refractivity contribution in [2.75, 3.05) is 7.11 Å². The molecule has 0 radical (unpaired) electrons. The Bertz CT molecular complexity index is 605. The molecular weight excluding hydrogens is 263 g/mol. The molecule has 2 aromatic rings. The summed E-state index contributed by atoms with van der Waals surface area (Å²) in [6, 6.07) is 9.06. The fourth-order valence-electron chi connectivity index (χ4n) is 1.62. The highest BCUT2D eigenvalue weighted by molar-refractivity contribution is 5.89. The highest BCUT2D eigenvalue weighted by Gasteiger charge is 2.18. The summed E-state index contributed by atoms with van der Waals surface area (Å²) in [5.74, 6) is -1.23. The molecular formula is C14H14FN2O3+. The molecule has 0 spiro atoms. The van der Waals surface area contributed by atoms with Crippen molar-refractivity contribution in [3.05, 3.63) is 59.7 Å². The van der Waals surface area contributed by atoms with Gasteiger partial charge in [0.15, 0.2) is 11.6 Å². The maximum absolute atomic E-state index is 13.5. The van der Waals surface area contributed by atoms with Crippen molar-refractivity contribution in [1.29, 1.82) is 0 Å². The van der Waals surface area contributed by atoms with Gasteiger partial charge in [-0.1, -0.05) is 6.07 Å². The van der Waals surface area contributed by atoms with Crippen molar-refractivity contribution >= 4 is 5.97 Å². The van der Waals surface area contributed by atoms with E-state index in [1.807, 2.05) is 0 Å². The summed E-state index contributed by atoms with van der Waals surface area (Å²) in [5, 5.41) is 0. The Hall–Kier alpha value is -2.47. The molecule has 0 fully saturated rings. The third-order valence-electron chi connectivity index (χ3n) is 2.65. The first-order valence-electron chi connectivity index (χ1n) is 5.90. The van der Waals surface area contributed by atoms with E-state index >= 15 is 0 Å².